The van der Waals surface area contributed by atoms with Gasteiger partial charge in [0.1, 0.15) is 17.8 Å². The summed E-state index contributed by atoms with van der Waals surface area (Å²) in [5, 5.41) is 4.80. The molecule has 0 saturated heterocycles. The van der Waals surface area contributed by atoms with E-state index in [1.165, 1.54) is 49.5 Å². The third kappa shape index (κ3) is 5.35. The summed E-state index contributed by atoms with van der Waals surface area (Å²) in [6.45, 7) is 20.8. The first-order valence-electron chi connectivity index (χ1n) is 19.1. The molecule has 54 heavy (non-hydrogen) atoms. The molecule has 1 aliphatic rings. The molecule has 5 nitrogen and oxygen atoms in total. The summed E-state index contributed by atoms with van der Waals surface area (Å²) in [6.07, 6.45) is 1.90. The maximum atomic E-state index is 6.44. The number of aliphatic imine (C=N–C) groups is 1. The molecule has 0 N–H and O–H groups in total. The number of pyridine rings is 1. The smallest absolute Gasteiger partial charge is 0.216 e. The predicted molar refractivity (Wildman–Crippen MR) is 227 cm³/mol. The summed E-state index contributed by atoms with van der Waals surface area (Å²) >= 11 is 0. The molecule has 0 fully saturated rings. The van der Waals surface area contributed by atoms with Gasteiger partial charge in [-0.3, -0.25) is 4.57 Å². The zero-order chi connectivity index (χ0) is 37.7. The van der Waals surface area contributed by atoms with Crippen molar-refractivity contribution in [2.75, 3.05) is 6.61 Å². The van der Waals surface area contributed by atoms with E-state index in [9.17, 15) is 0 Å². The van der Waals surface area contributed by atoms with Gasteiger partial charge < -0.3 is 9.30 Å². The highest BCUT2D eigenvalue weighted by Crippen LogP contribution is 2.42. The predicted octanol–water partition coefficient (Wildman–Crippen LogP) is 12.4. The molecule has 0 unspecified atom stereocenters. The van der Waals surface area contributed by atoms with Crippen LogP contribution < -0.4 is 0 Å². The highest BCUT2D eigenvalue weighted by Gasteiger charge is 2.43. The van der Waals surface area contributed by atoms with Crippen molar-refractivity contribution in [3.05, 3.63) is 138 Å². The van der Waals surface area contributed by atoms with Gasteiger partial charge in [-0.15, -0.1) is 0 Å². The maximum absolute atomic E-state index is 6.44. The Morgan fingerprint density at radius 3 is 2.09 bits per heavy atom. The van der Waals surface area contributed by atoms with Crippen molar-refractivity contribution in [2.24, 2.45) is 10.4 Å². The summed E-state index contributed by atoms with van der Waals surface area (Å²) in [5.74, 6) is 0.721. The lowest BCUT2D eigenvalue weighted by atomic mass is 9.76. The van der Waals surface area contributed by atoms with Crippen molar-refractivity contribution < 1.29 is 4.74 Å². The van der Waals surface area contributed by atoms with Crippen LogP contribution in [-0.2, 0) is 10.2 Å². The van der Waals surface area contributed by atoms with Crippen LogP contribution in [0.3, 0.4) is 0 Å². The zero-order valence-electron chi connectivity index (χ0n) is 32.9. The summed E-state index contributed by atoms with van der Waals surface area (Å²) in [6, 6.07) is 40.1. The van der Waals surface area contributed by atoms with Gasteiger partial charge in [-0.1, -0.05) is 89.6 Å². The van der Waals surface area contributed by atoms with Crippen LogP contribution in [0.5, 0.6) is 0 Å². The topological polar surface area (TPSA) is 44.3 Å². The molecule has 0 aliphatic carbocycles. The van der Waals surface area contributed by atoms with Crippen LogP contribution in [0.25, 0.3) is 66.2 Å². The van der Waals surface area contributed by atoms with Gasteiger partial charge in [0.25, 0.3) is 0 Å². The molecular formula is C49H48N4O. The quantitative estimate of drug-likeness (QED) is 0.183. The van der Waals surface area contributed by atoms with E-state index in [0.717, 1.165) is 44.9 Å². The number of aryl methyl sites for hydroxylation is 2. The second-order valence-electron chi connectivity index (χ2n) is 17.6. The number of fused-ring (bicyclic) bond motifs is 6. The molecule has 0 radical (unpaired) electrons. The average molecular weight is 709 g/mol. The first-order valence-corrected chi connectivity index (χ1v) is 19.1. The van der Waals surface area contributed by atoms with Gasteiger partial charge in [-0.2, -0.15) is 0 Å². The maximum Gasteiger partial charge on any atom is 0.216 e. The number of benzene rings is 5. The minimum Gasteiger partial charge on any atom is -0.475 e. The molecular weight excluding hydrogens is 661 g/mol. The molecule has 1 atom stereocenters. The molecule has 3 aromatic heterocycles. The van der Waals surface area contributed by atoms with Crippen molar-refractivity contribution in [1.82, 2.24) is 14.1 Å². The van der Waals surface area contributed by atoms with E-state index in [4.69, 9.17) is 14.7 Å². The molecule has 1 aliphatic heterocycles. The van der Waals surface area contributed by atoms with Crippen LogP contribution in [0.1, 0.15) is 70.7 Å². The SMILES string of the molecule is Cc1ccc2c(c1)c1cc(C)c(-n3c4ccc(-c5ccccc5)cc4c4cccnc43)cc1n2-c1cc(C2=N[C@](C)(C(C)(C)C)CO2)cc(C(C)(C)C)c1. The second-order valence-corrected chi connectivity index (χ2v) is 17.6. The molecule has 9 rings (SSSR count). The lowest BCUT2D eigenvalue weighted by Gasteiger charge is -2.33. The summed E-state index contributed by atoms with van der Waals surface area (Å²) in [7, 11) is 0. The molecule has 4 heterocycles. The van der Waals surface area contributed by atoms with Gasteiger partial charge in [0.2, 0.25) is 5.90 Å². The third-order valence-corrected chi connectivity index (χ3v) is 11.9. The normalized spacial score (nSPS) is 16.5. The first-order chi connectivity index (χ1) is 25.7. The average Bonchev–Trinajstić information content (AvgIpc) is 3.81. The Kier molecular flexibility index (Phi) is 7.52. The molecule has 0 spiro atoms. The van der Waals surface area contributed by atoms with E-state index in [0.29, 0.717) is 6.61 Å². The molecule has 8 aromatic rings. The lowest BCUT2D eigenvalue weighted by Crippen LogP contribution is -2.39. The Morgan fingerprint density at radius 2 is 1.35 bits per heavy atom. The Hall–Kier alpha value is -5.68. The van der Waals surface area contributed by atoms with Crippen molar-refractivity contribution in [3.8, 4) is 22.5 Å². The fourth-order valence-corrected chi connectivity index (χ4v) is 8.02. The highest BCUT2D eigenvalue weighted by atomic mass is 16.5. The number of ether oxygens (including phenoxy) is 1. The second kappa shape index (κ2) is 11.9. The highest BCUT2D eigenvalue weighted by molar-refractivity contribution is 6.12. The van der Waals surface area contributed by atoms with Crippen molar-refractivity contribution >= 4 is 49.6 Å². The fraction of sp³-hybridized carbons (Fsp3) is 0.265. The minimum atomic E-state index is -0.310. The Balaban J connectivity index is 1.32. The molecule has 0 bridgehead atoms. The molecule has 270 valence electrons. The monoisotopic (exact) mass is 708 g/mol. The van der Waals surface area contributed by atoms with Crippen LogP contribution >= 0.6 is 0 Å². The van der Waals surface area contributed by atoms with Crippen molar-refractivity contribution in [3.63, 3.8) is 0 Å². The zero-order valence-corrected chi connectivity index (χ0v) is 32.9. The number of aromatic nitrogens is 3. The standard InChI is InChI=1S/C49H48N4O/c1-30-17-19-41-38(22-30)39-23-31(2)43(53-42-20-18-33(32-14-11-10-12-15-32)26-40(42)37-16-13-21-50-45(37)53)28-44(39)52(41)36-25-34(24-35(27-36)47(3,4)5)46-51-49(9,29-54-46)48(6,7)8/h10-28H,29H2,1-9H3/t49-/m0/s1. The first kappa shape index (κ1) is 34.1. The lowest BCUT2D eigenvalue weighted by molar-refractivity contribution is 0.154. The molecule has 5 heteroatoms. The summed E-state index contributed by atoms with van der Waals surface area (Å²) < 4.78 is 11.2. The molecule has 0 amide bonds. The van der Waals surface area contributed by atoms with Gasteiger partial charge in [-0.25, -0.2) is 9.98 Å². The van der Waals surface area contributed by atoms with Crippen LogP contribution in [0.2, 0.25) is 0 Å². The summed E-state index contributed by atoms with van der Waals surface area (Å²) in [4.78, 5) is 10.3. The van der Waals surface area contributed by atoms with Gasteiger partial charge in [0.05, 0.1) is 22.2 Å². The van der Waals surface area contributed by atoms with E-state index < -0.39 is 0 Å². The van der Waals surface area contributed by atoms with Crippen molar-refractivity contribution in [1.29, 1.82) is 0 Å². The minimum absolute atomic E-state index is 0.0387. The Labute approximate surface area is 317 Å². The van der Waals surface area contributed by atoms with Crippen molar-refractivity contribution in [2.45, 2.75) is 73.3 Å². The van der Waals surface area contributed by atoms with E-state index in [2.05, 4.69) is 175 Å². The van der Waals surface area contributed by atoms with Crippen LogP contribution in [0.4, 0.5) is 0 Å². The van der Waals surface area contributed by atoms with E-state index >= 15 is 0 Å². The number of hydrogen-bond donors (Lipinski definition) is 0. The fourth-order valence-electron chi connectivity index (χ4n) is 8.02. The van der Waals surface area contributed by atoms with Gasteiger partial charge in [0.15, 0.2) is 0 Å². The third-order valence-electron chi connectivity index (χ3n) is 11.9. The van der Waals surface area contributed by atoms with Crippen LogP contribution in [-0.4, -0.2) is 32.2 Å². The Bertz CT molecular complexity index is 2820. The van der Waals surface area contributed by atoms with E-state index in [-0.39, 0.29) is 16.4 Å². The van der Waals surface area contributed by atoms with Gasteiger partial charge >= 0.3 is 0 Å². The molecule has 0 saturated carbocycles. The van der Waals surface area contributed by atoms with Crippen LogP contribution in [0.15, 0.2) is 120 Å². The van der Waals surface area contributed by atoms with Gasteiger partial charge in [-0.05, 0) is 121 Å². The number of rotatable bonds is 4. The van der Waals surface area contributed by atoms with E-state index in [1.807, 2.05) is 12.3 Å². The Morgan fingerprint density at radius 1 is 0.630 bits per heavy atom. The largest absolute Gasteiger partial charge is 0.475 e. The number of hydrogen-bond acceptors (Lipinski definition) is 3. The van der Waals surface area contributed by atoms with E-state index in [1.54, 1.807) is 0 Å². The number of nitrogens with zero attached hydrogens (tertiary/aromatic N) is 4. The summed E-state index contributed by atoms with van der Waals surface area (Å²) in [5.41, 5.74) is 13.3. The van der Waals surface area contributed by atoms with Crippen LogP contribution in [0, 0.1) is 19.3 Å². The van der Waals surface area contributed by atoms with Gasteiger partial charge in [0, 0.05) is 39.0 Å². The molecule has 5 aromatic carbocycles.